The third-order valence-electron chi connectivity index (χ3n) is 2.97. The molecule has 1 aliphatic heterocycles. The van der Waals surface area contributed by atoms with E-state index in [0.717, 1.165) is 6.07 Å². The summed E-state index contributed by atoms with van der Waals surface area (Å²) in [4.78, 5) is 23.4. The average molecular weight is 273 g/mol. The van der Waals surface area contributed by atoms with Crippen molar-refractivity contribution in [2.45, 2.75) is 6.42 Å². The largest absolute Gasteiger partial charge is 0.481 e. The molecule has 2 rings (SSSR count). The summed E-state index contributed by atoms with van der Waals surface area (Å²) < 4.78 is 39.1. The summed E-state index contributed by atoms with van der Waals surface area (Å²) in [5, 5.41) is 8.55. The van der Waals surface area contributed by atoms with Crippen LogP contribution in [0.4, 0.5) is 13.2 Å². The summed E-state index contributed by atoms with van der Waals surface area (Å²) in [7, 11) is 0. The molecular formula is C12H10F3NO3. The van der Waals surface area contributed by atoms with Gasteiger partial charge >= 0.3 is 5.97 Å². The van der Waals surface area contributed by atoms with E-state index in [1.165, 1.54) is 4.90 Å². The van der Waals surface area contributed by atoms with Crippen molar-refractivity contribution < 1.29 is 27.9 Å². The van der Waals surface area contributed by atoms with Crippen LogP contribution in [0.25, 0.3) is 0 Å². The fourth-order valence-electron chi connectivity index (χ4n) is 1.97. The smallest absolute Gasteiger partial charge is 0.303 e. The second kappa shape index (κ2) is 4.91. The third-order valence-corrected chi connectivity index (χ3v) is 2.97. The maximum atomic E-state index is 13.4. The number of hydrogen-bond acceptors (Lipinski definition) is 2. The van der Waals surface area contributed by atoms with Gasteiger partial charge in [-0.15, -0.1) is 0 Å². The van der Waals surface area contributed by atoms with Crippen LogP contribution in [-0.4, -0.2) is 35.0 Å². The molecule has 0 atom stereocenters. The van der Waals surface area contributed by atoms with Crippen LogP contribution in [0.2, 0.25) is 0 Å². The molecule has 1 aliphatic rings. The van der Waals surface area contributed by atoms with Crippen LogP contribution >= 0.6 is 0 Å². The van der Waals surface area contributed by atoms with Crippen LogP contribution in [0.15, 0.2) is 12.1 Å². The first-order valence-corrected chi connectivity index (χ1v) is 5.54. The van der Waals surface area contributed by atoms with E-state index >= 15 is 0 Å². The van der Waals surface area contributed by atoms with E-state index in [1.54, 1.807) is 0 Å². The lowest BCUT2D eigenvalue weighted by atomic mass is 9.95. The first kappa shape index (κ1) is 13.4. The van der Waals surface area contributed by atoms with Gasteiger partial charge in [0.15, 0.2) is 17.5 Å². The lowest BCUT2D eigenvalue weighted by Crippen LogP contribution is -2.50. The predicted molar refractivity (Wildman–Crippen MR) is 58.0 cm³/mol. The molecule has 1 heterocycles. The van der Waals surface area contributed by atoms with Gasteiger partial charge in [-0.1, -0.05) is 0 Å². The van der Waals surface area contributed by atoms with Crippen LogP contribution in [0.3, 0.4) is 0 Å². The van der Waals surface area contributed by atoms with Crippen LogP contribution in [0.5, 0.6) is 0 Å². The molecule has 0 spiro atoms. The molecule has 0 saturated carbocycles. The van der Waals surface area contributed by atoms with Gasteiger partial charge in [0.05, 0.1) is 12.0 Å². The van der Waals surface area contributed by atoms with Crippen molar-refractivity contribution in [3.05, 3.63) is 35.1 Å². The Morgan fingerprint density at radius 1 is 1.21 bits per heavy atom. The number of carbonyl (C=O) groups is 2. The Bertz CT molecular complexity index is 541. The molecule has 1 saturated heterocycles. The maximum Gasteiger partial charge on any atom is 0.303 e. The zero-order chi connectivity index (χ0) is 14.2. The van der Waals surface area contributed by atoms with Crippen molar-refractivity contribution in [3.8, 4) is 0 Å². The Morgan fingerprint density at radius 2 is 1.84 bits per heavy atom. The number of benzene rings is 1. The van der Waals surface area contributed by atoms with Gasteiger partial charge < -0.3 is 10.0 Å². The van der Waals surface area contributed by atoms with Crippen molar-refractivity contribution in [1.29, 1.82) is 0 Å². The molecule has 102 valence electrons. The second-order valence-electron chi connectivity index (χ2n) is 4.40. The quantitative estimate of drug-likeness (QED) is 0.852. The summed E-state index contributed by atoms with van der Waals surface area (Å²) in [5.74, 6) is -6.49. The monoisotopic (exact) mass is 273 g/mol. The molecule has 1 N–H and O–H groups in total. The summed E-state index contributed by atoms with van der Waals surface area (Å²) in [6, 6.07) is 1.56. The highest BCUT2D eigenvalue weighted by atomic mass is 19.2. The van der Waals surface area contributed by atoms with Crippen molar-refractivity contribution >= 4 is 11.9 Å². The van der Waals surface area contributed by atoms with Gasteiger partial charge in [0.25, 0.3) is 5.91 Å². The van der Waals surface area contributed by atoms with E-state index in [9.17, 15) is 22.8 Å². The van der Waals surface area contributed by atoms with Gasteiger partial charge in [-0.3, -0.25) is 9.59 Å². The zero-order valence-corrected chi connectivity index (χ0v) is 9.70. The Kier molecular flexibility index (Phi) is 3.46. The average Bonchev–Trinajstić information content (AvgIpc) is 2.29. The van der Waals surface area contributed by atoms with Crippen molar-refractivity contribution in [3.63, 3.8) is 0 Å². The topological polar surface area (TPSA) is 57.6 Å². The van der Waals surface area contributed by atoms with E-state index in [0.29, 0.717) is 6.07 Å². The summed E-state index contributed by atoms with van der Waals surface area (Å²) in [6.45, 7) is 0.340. The van der Waals surface area contributed by atoms with Crippen LogP contribution in [0.1, 0.15) is 16.8 Å². The summed E-state index contributed by atoms with van der Waals surface area (Å²) in [6.07, 6.45) is -0.0793. The molecule has 1 amide bonds. The predicted octanol–water partition coefficient (Wildman–Crippen LogP) is 1.65. The highest BCUT2D eigenvalue weighted by Gasteiger charge is 2.34. The number of nitrogens with zero attached hydrogens (tertiary/aromatic N) is 1. The van der Waals surface area contributed by atoms with Gasteiger partial charge in [0.1, 0.15) is 0 Å². The Morgan fingerprint density at radius 3 is 2.42 bits per heavy atom. The van der Waals surface area contributed by atoms with Crippen LogP contribution < -0.4 is 0 Å². The first-order valence-electron chi connectivity index (χ1n) is 5.54. The van der Waals surface area contributed by atoms with Gasteiger partial charge in [-0.05, 0) is 12.1 Å². The molecule has 0 bridgehead atoms. The SMILES string of the molecule is O=C(O)CC1CN(C(=O)c2ccc(F)c(F)c2F)C1. The highest BCUT2D eigenvalue weighted by Crippen LogP contribution is 2.23. The van der Waals surface area contributed by atoms with Crippen molar-refractivity contribution in [1.82, 2.24) is 4.90 Å². The number of amides is 1. The Hall–Kier alpha value is -2.05. The molecular weight excluding hydrogens is 263 g/mol. The minimum atomic E-state index is -1.69. The fourth-order valence-corrected chi connectivity index (χ4v) is 1.97. The highest BCUT2D eigenvalue weighted by molar-refractivity contribution is 5.95. The number of carbonyl (C=O) groups excluding carboxylic acids is 1. The van der Waals surface area contributed by atoms with Crippen LogP contribution in [-0.2, 0) is 4.79 Å². The minimum Gasteiger partial charge on any atom is -0.481 e. The summed E-state index contributed by atoms with van der Waals surface area (Å²) >= 11 is 0. The molecule has 7 heteroatoms. The zero-order valence-electron chi connectivity index (χ0n) is 9.70. The number of halogens is 3. The molecule has 0 aromatic heterocycles. The number of aliphatic carboxylic acids is 1. The van der Waals surface area contributed by atoms with E-state index in [-0.39, 0.29) is 25.4 Å². The van der Waals surface area contributed by atoms with E-state index in [2.05, 4.69) is 0 Å². The Balaban J connectivity index is 2.07. The van der Waals surface area contributed by atoms with Gasteiger partial charge in [0.2, 0.25) is 0 Å². The molecule has 4 nitrogen and oxygen atoms in total. The minimum absolute atomic E-state index is 0.0793. The number of likely N-dealkylation sites (tertiary alicyclic amines) is 1. The Labute approximate surface area is 106 Å². The molecule has 19 heavy (non-hydrogen) atoms. The fraction of sp³-hybridized carbons (Fsp3) is 0.333. The molecule has 1 aromatic carbocycles. The number of carboxylic acid groups (broad SMARTS) is 1. The third kappa shape index (κ3) is 2.54. The first-order chi connectivity index (χ1) is 8.90. The van der Waals surface area contributed by atoms with E-state index < -0.39 is 34.9 Å². The second-order valence-corrected chi connectivity index (χ2v) is 4.40. The normalized spacial score (nSPS) is 15.2. The number of rotatable bonds is 3. The lowest BCUT2D eigenvalue weighted by Gasteiger charge is -2.38. The molecule has 1 fully saturated rings. The van der Waals surface area contributed by atoms with E-state index in [4.69, 9.17) is 5.11 Å². The summed E-state index contributed by atoms with van der Waals surface area (Å²) in [5.41, 5.74) is -0.548. The van der Waals surface area contributed by atoms with Crippen molar-refractivity contribution in [2.75, 3.05) is 13.1 Å². The molecule has 1 aromatic rings. The molecule has 0 aliphatic carbocycles. The lowest BCUT2D eigenvalue weighted by molar-refractivity contribution is -0.139. The van der Waals surface area contributed by atoms with Crippen molar-refractivity contribution in [2.24, 2.45) is 5.92 Å². The number of carboxylic acids is 1. The molecule has 0 radical (unpaired) electrons. The van der Waals surface area contributed by atoms with E-state index in [1.807, 2.05) is 0 Å². The number of hydrogen-bond donors (Lipinski definition) is 1. The van der Waals surface area contributed by atoms with Gasteiger partial charge in [-0.25, -0.2) is 13.2 Å². The van der Waals surface area contributed by atoms with Crippen LogP contribution in [0, 0.1) is 23.4 Å². The standard InChI is InChI=1S/C12H10F3NO3/c13-8-2-1-7(10(14)11(8)15)12(19)16-4-6(5-16)3-9(17)18/h1-2,6H,3-5H2,(H,17,18). The van der Waals surface area contributed by atoms with Gasteiger partial charge in [-0.2, -0.15) is 0 Å². The molecule has 0 unspecified atom stereocenters. The maximum absolute atomic E-state index is 13.4. The van der Waals surface area contributed by atoms with Gasteiger partial charge in [0, 0.05) is 19.0 Å².